The summed E-state index contributed by atoms with van der Waals surface area (Å²) in [6.45, 7) is 0. The topological polar surface area (TPSA) is 224 Å². The molecular formula is H12As2Cr3O12. The van der Waals surface area contributed by atoms with E-state index in [0.29, 0.717) is 0 Å². The summed E-state index contributed by atoms with van der Waals surface area (Å²) >= 11 is -15.8. The van der Waals surface area contributed by atoms with E-state index in [1.54, 1.807) is 0 Å². The Labute approximate surface area is 123 Å². The van der Waals surface area contributed by atoms with E-state index in [-0.39, 0.29) is 35.9 Å². The normalized spacial score (nSPS) is 10.2. The molecule has 0 radical (unpaired) electrons. The third-order valence-corrected chi connectivity index (χ3v) is 0. The van der Waals surface area contributed by atoms with Gasteiger partial charge in [0.15, 0.2) is 0 Å². The maximum absolute atomic E-state index is 8.82. The zero-order chi connectivity index (χ0) is 13.5. The van der Waals surface area contributed by atoms with Crippen LogP contribution in [-0.2, 0) is 63.7 Å². The molecule has 0 aliphatic heterocycles. The fourth-order valence-corrected chi connectivity index (χ4v) is 0. The molecule has 0 saturated carbocycles. The average Bonchev–Trinajstić information content (AvgIpc) is 1.41. The summed E-state index contributed by atoms with van der Waals surface area (Å²) in [5, 5.41) is 0. The third kappa shape index (κ3) is 2480. The van der Waals surface area contributed by atoms with Crippen LogP contribution in [0.15, 0.2) is 0 Å². The Morgan fingerprint density at radius 3 is 0.412 bits per heavy atom. The number of hydrogen-bond donors (Lipinski definition) is 6. The van der Waals surface area contributed by atoms with E-state index in [0.717, 1.165) is 0 Å². The van der Waals surface area contributed by atoms with Crippen LogP contribution in [0, 0.1) is 0 Å². The van der Waals surface area contributed by atoms with Crippen LogP contribution in [0.2, 0.25) is 0 Å². The molecule has 112 valence electrons. The minimum absolute atomic E-state index is 0. The average molecular weight is 510 g/mol. The summed E-state index contributed by atoms with van der Waals surface area (Å²) in [5.74, 6) is 0. The van der Waals surface area contributed by atoms with Crippen LogP contribution in [0.5, 0.6) is 0 Å². The molecule has 0 aliphatic rings. The van der Waals surface area contributed by atoms with E-state index in [9.17, 15) is 0 Å². The summed E-state index contributed by atoms with van der Waals surface area (Å²) < 4.78 is 95.6. The van der Waals surface area contributed by atoms with Gasteiger partial charge in [-0.05, 0) is 0 Å². The molecule has 0 heterocycles. The molecule has 12 nitrogen and oxygen atoms in total. The first-order valence-corrected chi connectivity index (χ1v) is 8.64. The quantitative estimate of drug-likeness (QED) is 0.168. The Kier molecular flexibility index (Phi) is 22.4. The summed E-state index contributed by atoms with van der Waals surface area (Å²) in [6.07, 6.45) is 0. The summed E-state index contributed by atoms with van der Waals surface area (Å²) in [6, 6.07) is 0. The SMILES string of the molecule is [AsH3].[AsH3].[O]=[Cr](=[O])([OH])[OH].[O]=[Cr](=[O])([OH])[OH].[O]=[Cr](=[O])([OH])[OH]. The molecule has 17 heteroatoms. The molecule has 0 saturated heterocycles. The predicted octanol–water partition coefficient (Wildman–Crippen LogP) is -6.43. The Hall–Kier alpha value is 1.27. The Balaban J connectivity index is -0.0000000400. The van der Waals surface area contributed by atoms with E-state index >= 15 is 0 Å². The summed E-state index contributed by atoms with van der Waals surface area (Å²) in [7, 11) is 0. The van der Waals surface area contributed by atoms with Crippen molar-refractivity contribution in [3.8, 4) is 0 Å². The Morgan fingerprint density at radius 1 is 0.412 bits per heavy atom. The van der Waals surface area contributed by atoms with Crippen molar-refractivity contribution in [2.75, 3.05) is 0 Å². The fraction of sp³-hybridized carbons (Fsp3) is 0. The summed E-state index contributed by atoms with van der Waals surface area (Å²) in [4.78, 5) is 0. The van der Waals surface area contributed by atoms with Gasteiger partial charge in [0.2, 0.25) is 0 Å². The van der Waals surface area contributed by atoms with E-state index in [2.05, 4.69) is 0 Å². The van der Waals surface area contributed by atoms with Crippen molar-refractivity contribution in [3.63, 3.8) is 0 Å². The van der Waals surface area contributed by atoms with E-state index in [4.69, 9.17) is 47.8 Å². The van der Waals surface area contributed by atoms with Crippen molar-refractivity contribution >= 4 is 35.9 Å². The van der Waals surface area contributed by atoms with E-state index < -0.39 is 40.8 Å². The zero-order valence-corrected chi connectivity index (χ0v) is 17.5. The van der Waals surface area contributed by atoms with Gasteiger partial charge >= 0.3 is 125 Å². The van der Waals surface area contributed by atoms with Gasteiger partial charge in [-0.25, -0.2) is 0 Å². The monoisotopic (exact) mass is 510 g/mol. The van der Waals surface area contributed by atoms with Crippen LogP contribution in [0.1, 0.15) is 0 Å². The van der Waals surface area contributed by atoms with E-state index in [1.165, 1.54) is 0 Å². The van der Waals surface area contributed by atoms with Crippen LogP contribution in [0.25, 0.3) is 0 Å². The van der Waals surface area contributed by atoms with Crippen molar-refractivity contribution in [2.24, 2.45) is 0 Å². The Bertz CT molecular complexity index is 341. The maximum atomic E-state index is 8.82. The number of hydrogen-bond acceptors (Lipinski definition) is 6. The first-order valence-electron chi connectivity index (χ1n) is 2.10. The fourth-order valence-electron chi connectivity index (χ4n) is 0. The molecule has 0 aromatic rings. The number of rotatable bonds is 0. The van der Waals surface area contributed by atoms with Crippen LogP contribution in [0.4, 0.5) is 0 Å². The predicted molar refractivity (Wildman–Crippen MR) is 37.3 cm³/mol. The van der Waals surface area contributed by atoms with Gasteiger partial charge in [0.1, 0.15) is 0 Å². The van der Waals surface area contributed by atoms with Crippen LogP contribution < -0.4 is 0 Å². The first-order chi connectivity index (χ1) is 6.00. The molecule has 0 bridgehead atoms. The van der Waals surface area contributed by atoms with Crippen LogP contribution >= 0.6 is 0 Å². The minimum atomic E-state index is -5.25. The Morgan fingerprint density at radius 2 is 0.412 bits per heavy atom. The molecule has 0 aliphatic carbocycles. The zero-order valence-electron chi connectivity index (χ0n) is 7.77. The molecule has 0 aromatic heterocycles. The first kappa shape index (κ1) is 30.9. The van der Waals surface area contributed by atoms with Gasteiger partial charge in [-0.3, -0.25) is 0 Å². The summed E-state index contributed by atoms with van der Waals surface area (Å²) in [5.41, 5.74) is 0. The molecule has 2 atom stereocenters. The molecule has 0 amide bonds. The van der Waals surface area contributed by atoms with Crippen molar-refractivity contribution < 1.29 is 88.6 Å². The van der Waals surface area contributed by atoms with Gasteiger partial charge in [0.25, 0.3) is 0 Å². The second-order valence-electron chi connectivity index (χ2n) is 1.34. The van der Waals surface area contributed by atoms with Crippen LogP contribution in [-0.4, -0.2) is 60.9 Å². The van der Waals surface area contributed by atoms with Crippen molar-refractivity contribution in [3.05, 3.63) is 0 Å². The van der Waals surface area contributed by atoms with Gasteiger partial charge in [-0.2, -0.15) is 0 Å². The van der Waals surface area contributed by atoms with Crippen molar-refractivity contribution in [1.29, 1.82) is 0 Å². The van der Waals surface area contributed by atoms with Gasteiger partial charge < -0.3 is 0 Å². The second kappa shape index (κ2) is 12.3. The molecule has 0 rings (SSSR count). The third-order valence-electron chi connectivity index (χ3n) is 0. The molecule has 6 N–H and O–H groups in total. The van der Waals surface area contributed by atoms with Crippen molar-refractivity contribution in [2.45, 2.75) is 0 Å². The van der Waals surface area contributed by atoms with Crippen molar-refractivity contribution in [1.82, 2.24) is 0 Å². The standard InChI is InChI=1S/2AsH3.3Cr.6H2O.6O/h2*1H3;;;;6*1H2;;;;;;/q;;3*+2;;;;;;;;;;;;/p-6. The molecule has 0 aromatic carbocycles. The molecule has 17 heavy (non-hydrogen) atoms. The molecular weight excluding hydrogens is 498 g/mol. The van der Waals surface area contributed by atoms with Gasteiger partial charge in [0.05, 0.1) is 0 Å². The van der Waals surface area contributed by atoms with Gasteiger partial charge in [-0.15, -0.1) is 0 Å². The van der Waals surface area contributed by atoms with Crippen LogP contribution in [0.3, 0.4) is 0 Å². The van der Waals surface area contributed by atoms with Gasteiger partial charge in [0, 0.05) is 0 Å². The second-order valence-corrected chi connectivity index (χ2v) is 5.54. The molecule has 2 unspecified atom stereocenters. The molecule has 0 spiro atoms. The molecule has 0 fully saturated rings. The van der Waals surface area contributed by atoms with Gasteiger partial charge in [-0.1, -0.05) is 0 Å². The van der Waals surface area contributed by atoms with E-state index in [1.807, 2.05) is 0 Å².